The van der Waals surface area contributed by atoms with Crippen LogP contribution in [0, 0.1) is 0 Å². The van der Waals surface area contributed by atoms with Gasteiger partial charge in [0.1, 0.15) is 0 Å². The van der Waals surface area contributed by atoms with Crippen molar-refractivity contribution in [2.45, 2.75) is 51.8 Å². The molecule has 0 radical (unpaired) electrons. The van der Waals surface area contributed by atoms with E-state index in [9.17, 15) is 0 Å². The molecule has 3 unspecified atom stereocenters. The molecule has 1 fully saturated rings. The first-order valence-electron chi connectivity index (χ1n) is 7.29. The molecule has 0 aliphatic carbocycles. The molecule has 0 saturated carbocycles. The lowest BCUT2D eigenvalue weighted by Gasteiger charge is -2.40. The minimum atomic E-state index is 0.349. The number of ether oxygens (including phenoxy) is 2. The van der Waals surface area contributed by atoms with E-state index in [1.807, 2.05) is 0 Å². The van der Waals surface area contributed by atoms with Gasteiger partial charge in [0.15, 0.2) is 0 Å². The Kier molecular flexibility index (Phi) is 7.82. The topological polar surface area (TPSA) is 33.7 Å². The van der Waals surface area contributed by atoms with Gasteiger partial charge < -0.3 is 14.8 Å². The van der Waals surface area contributed by atoms with Gasteiger partial charge in [-0.25, -0.2) is 0 Å². The average molecular weight is 258 g/mol. The molecule has 0 spiro atoms. The third-order valence-corrected chi connectivity index (χ3v) is 3.56. The van der Waals surface area contributed by atoms with Gasteiger partial charge in [0.25, 0.3) is 0 Å². The molecule has 1 aliphatic heterocycles. The number of nitrogens with zero attached hydrogens (tertiary/aromatic N) is 1. The number of methoxy groups -OCH3 is 1. The standard InChI is InChI=1S/C14H30N2O2/c1-5-7-15-13(10-17-4)9-16-8-12(3)18-11-14(16)6-2/h12-15H,5-11H2,1-4H3. The van der Waals surface area contributed by atoms with Crippen LogP contribution in [0.4, 0.5) is 0 Å². The molecule has 4 nitrogen and oxygen atoms in total. The highest BCUT2D eigenvalue weighted by Gasteiger charge is 2.27. The van der Waals surface area contributed by atoms with E-state index >= 15 is 0 Å². The summed E-state index contributed by atoms with van der Waals surface area (Å²) in [6.07, 6.45) is 2.67. The van der Waals surface area contributed by atoms with Crippen LogP contribution in [0.3, 0.4) is 0 Å². The molecule has 0 aromatic carbocycles. The number of hydrogen-bond acceptors (Lipinski definition) is 4. The number of nitrogens with one attached hydrogen (secondary N) is 1. The maximum absolute atomic E-state index is 5.74. The largest absolute Gasteiger partial charge is 0.383 e. The molecule has 1 aliphatic rings. The van der Waals surface area contributed by atoms with Gasteiger partial charge in [-0.1, -0.05) is 13.8 Å². The van der Waals surface area contributed by atoms with Crippen LogP contribution in [0.2, 0.25) is 0 Å². The van der Waals surface area contributed by atoms with Gasteiger partial charge in [-0.2, -0.15) is 0 Å². The summed E-state index contributed by atoms with van der Waals surface area (Å²) in [6, 6.07) is 0.985. The molecule has 18 heavy (non-hydrogen) atoms. The quantitative estimate of drug-likeness (QED) is 0.715. The number of rotatable bonds is 8. The Balaban J connectivity index is 2.47. The van der Waals surface area contributed by atoms with E-state index in [0.717, 1.165) is 45.7 Å². The van der Waals surface area contributed by atoms with E-state index < -0.39 is 0 Å². The summed E-state index contributed by atoms with van der Waals surface area (Å²) in [7, 11) is 1.78. The summed E-state index contributed by atoms with van der Waals surface area (Å²) >= 11 is 0. The summed E-state index contributed by atoms with van der Waals surface area (Å²) in [5.41, 5.74) is 0. The highest BCUT2D eigenvalue weighted by Crippen LogP contribution is 2.14. The third-order valence-electron chi connectivity index (χ3n) is 3.56. The van der Waals surface area contributed by atoms with Crippen LogP contribution >= 0.6 is 0 Å². The molecule has 108 valence electrons. The van der Waals surface area contributed by atoms with Crippen molar-refractivity contribution in [3.05, 3.63) is 0 Å². The molecule has 0 aromatic heterocycles. The van der Waals surface area contributed by atoms with E-state index in [1.54, 1.807) is 7.11 Å². The lowest BCUT2D eigenvalue weighted by Crippen LogP contribution is -2.54. The van der Waals surface area contributed by atoms with Crippen molar-refractivity contribution in [3.8, 4) is 0 Å². The molecule has 0 amide bonds. The Labute approximate surface area is 112 Å². The van der Waals surface area contributed by atoms with Gasteiger partial charge in [-0.05, 0) is 26.3 Å². The fourth-order valence-electron chi connectivity index (χ4n) is 2.52. The van der Waals surface area contributed by atoms with Gasteiger partial charge in [0, 0.05) is 32.3 Å². The minimum Gasteiger partial charge on any atom is -0.383 e. The van der Waals surface area contributed by atoms with Crippen LogP contribution in [0.1, 0.15) is 33.6 Å². The van der Waals surface area contributed by atoms with Gasteiger partial charge in [-0.3, -0.25) is 4.90 Å². The average Bonchev–Trinajstić information content (AvgIpc) is 2.36. The number of morpholine rings is 1. The Morgan fingerprint density at radius 2 is 2.22 bits per heavy atom. The van der Waals surface area contributed by atoms with Crippen molar-refractivity contribution >= 4 is 0 Å². The zero-order valence-corrected chi connectivity index (χ0v) is 12.4. The lowest BCUT2D eigenvalue weighted by molar-refractivity contribution is -0.0606. The van der Waals surface area contributed by atoms with Gasteiger partial charge in [0.05, 0.1) is 19.3 Å². The van der Waals surface area contributed by atoms with E-state index in [1.165, 1.54) is 0 Å². The first kappa shape index (κ1) is 15.9. The van der Waals surface area contributed by atoms with Crippen molar-refractivity contribution in [3.63, 3.8) is 0 Å². The predicted octanol–water partition coefficient (Wildman–Crippen LogP) is 1.50. The Bertz CT molecular complexity index is 214. The van der Waals surface area contributed by atoms with Crippen LogP contribution < -0.4 is 5.32 Å². The maximum atomic E-state index is 5.74. The molecule has 1 N–H and O–H groups in total. The molecule has 4 heteroatoms. The normalized spacial score (nSPS) is 27.3. The van der Waals surface area contributed by atoms with Gasteiger partial charge >= 0.3 is 0 Å². The summed E-state index contributed by atoms with van der Waals surface area (Å²) < 4.78 is 11.1. The van der Waals surface area contributed by atoms with Crippen molar-refractivity contribution in [2.24, 2.45) is 0 Å². The second kappa shape index (κ2) is 8.86. The van der Waals surface area contributed by atoms with Gasteiger partial charge in [0.2, 0.25) is 0 Å². The first-order valence-corrected chi connectivity index (χ1v) is 7.29. The Morgan fingerprint density at radius 3 is 2.83 bits per heavy atom. The van der Waals surface area contributed by atoms with Crippen LogP contribution in [0.25, 0.3) is 0 Å². The van der Waals surface area contributed by atoms with Crippen LogP contribution in [0.15, 0.2) is 0 Å². The fourth-order valence-corrected chi connectivity index (χ4v) is 2.52. The van der Waals surface area contributed by atoms with Gasteiger partial charge in [-0.15, -0.1) is 0 Å². The van der Waals surface area contributed by atoms with Crippen molar-refractivity contribution < 1.29 is 9.47 Å². The summed E-state index contributed by atoms with van der Waals surface area (Å²) in [5, 5.41) is 3.57. The first-order chi connectivity index (χ1) is 8.71. The Hall–Kier alpha value is -0.160. The molecule has 0 bridgehead atoms. The highest BCUT2D eigenvalue weighted by molar-refractivity contribution is 4.82. The highest BCUT2D eigenvalue weighted by atomic mass is 16.5. The maximum Gasteiger partial charge on any atom is 0.0674 e. The van der Waals surface area contributed by atoms with E-state index in [4.69, 9.17) is 9.47 Å². The predicted molar refractivity (Wildman–Crippen MR) is 75.0 cm³/mol. The van der Waals surface area contributed by atoms with E-state index in [-0.39, 0.29) is 0 Å². The number of hydrogen-bond donors (Lipinski definition) is 1. The van der Waals surface area contributed by atoms with E-state index in [0.29, 0.717) is 18.2 Å². The zero-order chi connectivity index (χ0) is 13.4. The molecule has 1 heterocycles. The summed E-state index contributed by atoms with van der Waals surface area (Å²) in [5.74, 6) is 0. The minimum absolute atomic E-state index is 0.349. The van der Waals surface area contributed by atoms with E-state index in [2.05, 4.69) is 31.0 Å². The molecule has 3 atom stereocenters. The molecular weight excluding hydrogens is 228 g/mol. The third kappa shape index (κ3) is 5.22. The SMILES string of the molecule is CCCNC(COC)CN1CC(C)OCC1CC. The molecule has 1 saturated heterocycles. The van der Waals surface area contributed by atoms with Crippen LogP contribution in [-0.4, -0.2) is 63.0 Å². The lowest BCUT2D eigenvalue weighted by atomic mass is 10.1. The molecular formula is C14H30N2O2. The second-order valence-electron chi connectivity index (χ2n) is 5.27. The fraction of sp³-hybridized carbons (Fsp3) is 1.00. The van der Waals surface area contributed by atoms with Crippen molar-refractivity contribution in [2.75, 3.05) is 40.0 Å². The summed E-state index contributed by atoms with van der Waals surface area (Å²) in [6.45, 7) is 11.4. The zero-order valence-electron chi connectivity index (χ0n) is 12.4. The molecule has 0 aromatic rings. The molecule has 1 rings (SSSR count). The summed E-state index contributed by atoms with van der Waals surface area (Å²) in [4.78, 5) is 2.56. The van der Waals surface area contributed by atoms with Crippen molar-refractivity contribution in [1.82, 2.24) is 10.2 Å². The van der Waals surface area contributed by atoms with Crippen molar-refractivity contribution in [1.29, 1.82) is 0 Å². The van der Waals surface area contributed by atoms with Crippen LogP contribution in [0.5, 0.6) is 0 Å². The smallest absolute Gasteiger partial charge is 0.0674 e. The van der Waals surface area contributed by atoms with Crippen LogP contribution in [-0.2, 0) is 9.47 Å². The second-order valence-corrected chi connectivity index (χ2v) is 5.27. The monoisotopic (exact) mass is 258 g/mol. The Morgan fingerprint density at radius 1 is 1.44 bits per heavy atom.